The number of amides is 1. The van der Waals surface area contributed by atoms with Gasteiger partial charge in [0.2, 0.25) is 0 Å². The molecule has 0 aliphatic heterocycles. The maximum Gasteiger partial charge on any atom is 0.410 e. The molecule has 116 valence electrons. The van der Waals surface area contributed by atoms with E-state index in [0.29, 0.717) is 6.61 Å². The summed E-state index contributed by atoms with van der Waals surface area (Å²) in [6.07, 6.45) is 7.77. The highest BCUT2D eigenvalue weighted by Gasteiger charge is 2.14. The lowest BCUT2D eigenvalue weighted by Gasteiger charge is -2.15. The Bertz CT molecular complexity index is 292. The third-order valence-corrected chi connectivity index (χ3v) is 2.76. The molecule has 1 amide bonds. The normalized spacial score (nSPS) is 9.90. The van der Waals surface area contributed by atoms with Gasteiger partial charge >= 0.3 is 12.1 Å². The van der Waals surface area contributed by atoms with Crippen LogP contribution in [0.2, 0.25) is 0 Å². The van der Waals surface area contributed by atoms with Crippen LogP contribution in [0, 0.1) is 0 Å². The average Bonchev–Trinajstić information content (AvgIpc) is 2.43. The molecule has 0 fully saturated rings. The molecule has 0 radical (unpaired) electrons. The summed E-state index contributed by atoms with van der Waals surface area (Å²) < 4.78 is 9.86. The summed E-state index contributed by atoms with van der Waals surface area (Å²) in [5.41, 5.74) is 0. The Morgan fingerprint density at radius 1 is 1.10 bits per heavy atom. The minimum absolute atomic E-state index is 0.0915. The molecule has 0 rings (SSSR count). The van der Waals surface area contributed by atoms with Crippen LogP contribution >= 0.6 is 0 Å². The van der Waals surface area contributed by atoms with Crippen LogP contribution in [-0.2, 0) is 14.3 Å². The van der Waals surface area contributed by atoms with E-state index in [2.05, 4.69) is 13.5 Å². The van der Waals surface area contributed by atoms with E-state index in [-0.39, 0.29) is 13.2 Å². The summed E-state index contributed by atoms with van der Waals surface area (Å²) in [5.74, 6) is -0.406. The number of carbonyl (C=O) groups excluding carboxylic acids is 2. The fraction of sp³-hybridized carbons (Fsp3) is 0.733. The number of ether oxygens (including phenoxy) is 2. The van der Waals surface area contributed by atoms with Crippen LogP contribution in [0.15, 0.2) is 12.7 Å². The van der Waals surface area contributed by atoms with Crippen molar-refractivity contribution in [3.8, 4) is 0 Å². The van der Waals surface area contributed by atoms with Gasteiger partial charge in [0.15, 0.2) is 0 Å². The molecule has 0 heterocycles. The predicted octanol–water partition coefficient (Wildman–Crippen LogP) is 3.14. The highest BCUT2D eigenvalue weighted by Crippen LogP contribution is 2.05. The van der Waals surface area contributed by atoms with Gasteiger partial charge in [0, 0.05) is 7.05 Å². The number of unbranched alkanes of at least 4 members (excludes halogenated alkanes) is 5. The van der Waals surface area contributed by atoms with Gasteiger partial charge in [0.25, 0.3) is 0 Å². The molecular formula is C15H27NO4. The summed E-state index contributed by atoms with van der Waals surface area (Å²) in [7, 11) is 1.50. The van der Waals surface area contributed by atoms with Gasteiger partial charge < -0.3 is 14.4 Å². The van der Waals surface area contributed by atoms with E-state index < -0.39 is 12.1 Å². The van der Waals surface area contributed by atoms with E-state index in [1.165, 1.54) is 43.7 Å². The first-order valence-corrected chi connectivity index (χ1v) is 7.26. The molecule has 0 unspecified atom stereocenters. The Balaban J connectivity index is 3.57. The molecule has 0 aliphatic carbocycles. The first-order valence-electron chi connectivity index (χ1n) is 7.26. The molecule has 0 saturated heterocycles. The van der Waals surface area contributed by atoms with Crippen molar-refractivity contribution in [1.82, 2.24) is 4.90 Å². The van der Waals surface area contributed by atoms with Crippen molar-refractivity contribution in [3.63, 3.8) is 0 Å². The number of hydrogen-bond acceptors (Lipinski definition) is 4. The average molecular weight is 285 g/mol. The van der Waals surface area contributed by atoms with E-state index in [1.54, 1.807) is 0 Å². The Morgan fingerprint density at radius 3 is 2.40 bits per heavy atom. The number of esters is 1. The molecule has 0 saturated carbocycles. The van der Waals surface area contributed by atoms with Gasteiger partial charge in [-0.05, 0) is 6.42 Å². The van der Waals surface area contributed by atoms with Gasteiger partial charge in [0.1, 0.15) is 13.2 Å². The number of carbonyl (C=O) groups is 2. The van der Waals surface area contributed by atoms with Crippen molar-refractivity contribution >= 4 is 12.1 Å². The summed E-state index contributed by atoms with van der Waals surface area (Å²) in [6, 6.07) is 0. The fourth-order valence-corrected chi connectivity index (χ4v) is 1.61. The molecule has 0 spiro atoms. The SMILES string of the molecule is C=CCOC(=O)N(C)CC(=O)OCCCCCCCC. The third kappa shape index (κ3) is 10.4. The Labute approximate surface area is 121 Å². The molecule has 5 heteroatoms. The second-order valence-electron chi connectivity index (χ2n) is 4.71. The lowest BCUT2D eigenvalue weighted by Crippen LogP contribution is -2.33. The topological polar surface area (TPSA) is 55.8 Å². The van der Waals surface area contributed by atoms with Gasteiger partial charge in [-0.1, -0.05) is 51.7 Å². The smallest absolute Gasteiger partial charge is 0.410 e. The van der Waals surface area contributed by atoms with Crippen molar-refractivity contribution in [3.05, 3.63) is 12.7 Å². The summed E-state index contributed by atoms with van der Waals surface area (Å²) in [4.78, 5) is 24.0. The molecule has 0 aromatic heterocycles. The van der Waals surface area contributed by atoms with Gasteiger partial charge in [0.05, 0.1) is 6.61 Å². The number of rotatable bonds is 11. The molecule has 0 aromatic carbocycles. The van der Waals surface area contributed by atoms with E-state index >= 15 is 0 Å². The predicted molar refractivity (Wildman–Crippen MR) is 78.5 cm³/mol. The van der Waals surface area contributed by atoms with Crippen molar-refractivity contribution in [2.45, 2.75) is 45.4 Å². The maximum absolute atomic E-state index is 11.5. The van der Waals surface area contributed by atoms with E-state index in [1.807, 2.05) is 0 Å². The van der Waals surface area contributed by atoms with Crippen LogP contribution < -0.4 is 0 Å². The van der Waals surface area contributed by atoms with Crippen LogP contribution in [-0.4, -0.2) is 43.8 Å². The highest BCUT2D eigenvalue weighted by molar-refractivity contribution is 5.77. The first-order chi connectivity index (χ1) is 9.61. The highest BCUT2D eigenvalue weighted by atomic mass is 16.6. The molecule has 0 bridgehead atoms. The maximum atomic E-state index is 11.5. The Morgan fingerprint density at radius 2 is 1.75 bits per heavy atom. The van der Waals surface area contributed by atoms with Gasteiger partial charge in [-0.3, -0.25) is 4.79 Å². The minimum Gasteiger partial charge on any atom is -0.464 e. The lowest BCUT2D eigenvalue weighted by molar-refractivity contribution is -0.144. The fourth-order valence-electron chi connectivity index (χ4n) is 1.61. The third-order valence-electron chi connectivity index (χ3n) is 2.76. The molecule has 20 heavy (non-hydrogen) atoms. The molecule has 0 aromatic rings. The van der Waals surface area contributed by atoms with Gasteiger partial charge in [-0.2, -0.15) is 0 Å². The van der Waals surface area contributed by atoms with Gasteiger partial charge in [-0.15, -0.1) is 0 Å². The molecule has 0 N–H and O–H groups in total. The van der Waals surface area contributed by atoms with Crippen LogP contribution in [0.3, 0.4) is 0 Å². The Hall–Kier alpha value is -1.52. The quantitative estimate of drug-likeness (QED) is 0.332. The van der Waals surface area contributed by atoms with Crippen LogP contribution in [0.5, 0.6) is 0 Å². The zero-order valence-electron chi connectivity index (χ0n) is 12.7. The molecular weight excluding hydrogens is 258 g/mol. The minimum atomic E-state index is -0.554. The zero-order valence-corrected chi connectivity index (χ0v) is 12.7. The van der Waals surface area contributed by atoms with Gasteiger partial charge in [-0.25, -0.2) is 4.79 Å². The lowest BCUT2D eigenvalue weighted by atomic mass is 10.1. The van der Waals surface area contributed by atoms with Crippen molar-refractivity contribution in [2.24, 2.45) is 0 Å². The second-order valence-corrected chi connectivity index (χ2v) is 4.71. The first kappa shape index (κ1) is 18.5. The van der Waals surface area contributed by atoms with Crippen LogP contribution in [0.4, 0.5) is 4.79 Å². The molecule has 0 atom stereocenters. The number of nitrogens with zero attached hydrogens (tertiary/aromatic N) is 1. The Kier molecular flexibility index (Phi) is 11.6. The number of hydrogen-bond donors (Lipinski definition) is 0. The summed E-state index contributed by atoms with van der Waals surface area (Å²) in [6.45, 7) is 6.08. The van der Waals surface area contributed by atoms with Crippen LogP contribution in [0.1, 0.15) is 45.4 Å². The largest absolute Gasteiger partial charge is 0.464 e. The van der Waals surface area contributed by atoms with Crippen LogP contribution in [0.25, 0.3) is 0 Å². The van der Waals surface area contributed by atoms with Crippen molar-refractivity contribution < 1.29 is 19.1 Å². The second kappa shape index (κ2) is 12.5. The summed E-state index contributed by atoms with van der Waals surface area (Å²) in [5, 5.41) is 0. The summed E-state index contributed by atoms with van der Waals surface area (Å²) >= 11 is 0. The van der Waals surface area contributed by atoms with E-state index in [9.17, 15) is 9.59 Å². The van der Waals surface area contributed by atoms with E-state index in [4.69, 9.17) is 9.47 Å². The molecule has 5 nitrogen and oxygen atoms in total. The monoisotopic (exact) mass is 285 g/mol. The number of likely N-dealkylation sites (N-methyl/N-ethyl adjacent to an activating group) is 1. The van der Waals surface area contributed by atoms with Crippen molar-refractivity contribution in [2.75, 3.05) is 26.8 Å². The zero-order chi connectivity index (χ0) is 15.2. The molecule has 0 aliphatic rings. The van der Waals surface area contributed by atoms with E-state index in [0.717, 1.165) is 12.8 Å². The van der Waals surface area contributed by atoms with Crippen molar-refractivity contribution in [1.29, 1.82) is 0 Å². The standard InChI is InChI=1S/C15H27NO4/c1-4-6-7-8-9-10-12-19-14(17)13-16(3)15(18)20-11-5-2/h5H,2,4,6-13H2,1,3H3.